The number of benzene rings is 1. The first-order chi connectivity index (χ1) is 17.1. The summed E-state index contributed by atoms with van der Waals surface area (Å²) in [5.74, 6) is 1.71. The molecule has 1 aliphatic heterocycles. The van der Waals surface area contributed by atoms with Crippen molar-refractivity contribution in [2.75, 3.05) is 31.6 Å². The molecule has 0 saturated carbocycles. The van der Waals surface area contributed by atoms with Gasteiger partial charge in [-0.05, 0) is 37.1 Å². The maximum absolute atomic E-state index is 11.1. The van der Waals surface area contributed by atoms with E-state index in [-0.39, 0.29) is 0 Å². The predicted octanol–water partition coefficient (Wildman–Crippen LogP) is 4.19. The number of anilines is 1. The van der Waals surface area contributed by atoms with Crippen LogP contribution in [-0.2, 0) is 4.79 Å². The van der Waals surface area contributed by atoms with Gasteiger partial charge < -0.3 is 9.64 Å². The molecule has 186 valence electrons. The molecule has 2 aromatic heterocycles. The summed E-state index contributed by atoms with van der Waals surface area (Å²) in [4.78, 5) is 20.5. The van der Waals surface area contributed by atoms with E-state index >= 15 is 0 Å². The van der Waals surface area contributed by atoms with Crippen molar-refractivity contribution in [2.24, 2.45) is 5.92 Å². The Balaban J connectivity index is 1.51. The molecule has 3 aromatic rings. The Morgan fingerprint density at radius 1 is 1.17 bits per heavy atom. The van der Waals surface area contributed by atoms with Gasteiger partial charge in [0.25, 0.3) is 6.47 Å². The number of hydrogen-bond donors (Lipinski definition) is 1. The predicted molar refractivity (Wildman–Crippen MR) is 136 cm³/mol. The van der Waals surface area contributed by atoms with Gasteiger partial charge in [0.2, 0.25) is 5.95 Å². The van der Waals surface area contributed by atoms with Crippen LogP contribution in [0.15, 0.2) is 36.8 Å². The van der Waals surface area contributed by atoms with Crippen LogP contribution in [-0.4, -0.2) is 69.5 Å². The van der Waals surface area contributed by atoms with E-state index in [1.807, 2.05) is 12.1 Å². The second-order valence-corrected chi connectivity index (χ2v) is 9.21. The van der Waals surface area contributed by atoms with Gasteiger partial charge >= 0.3 is 0 Å². The molecule has 3 heterocycles. The minimum absolute atomic E-state index is 0.403. The van der Waals surface area contributed by atoms with E-state index in [1.54, 1.807) is 24.7 Å². The Morgan fingerprint density at radius 3 is 2.74 bits per heavy atom. The molecule has 9 nitrogen and oxygen atoms in total. The fraction of sp³-hybridized carbons (Fsp3) is 0.500. The van der Waals surface area contributed by atoms with E-state index in [2.05, 4.69) is 56.1 Å². The molecule has 2 atom stereocenters. The van der Waals surface area contributed by atoms with Crippen LogP contribution in [0.5, 0.6) is 5.75 Å². The van der Waals surface area contributed by atoms with Crippen LogP contribution in [0.1, 0.15) is 46.0 Å². The van der Waals surface area contributed by atoms with Gasteiger partial charge in [0, 0.05) is 43.0 Å². The molecule has 1 N–H and O–H groups in total. The summed E-state index contributed by atoms with van der Waals surface area (Å²) in [6, 6.07) is 6.07. The Morgan fingerprint density at radius 2 is 2.06 bits per heavy atom. The van der Waals surface area contributed by atoms with Crippen molar-refractivity contribution in [3.8, 4) is 28.1 Å². The van der Waals surface area contributed by atoms with Crippen LogP contribution in [0.2, 0.25) is 0 Å². The van der Waals surface area contributed by atoms with Crippen molar-refractivity contribution >= 4 is 12.4 Å². The van der Waals surface area contributed by atoms with Crippen molar-refractivity contribution in [1.82, 2.24) is 30.3 Å². The molecule has 1 saturated heterocycles. The first-order valence-corrected chi connectivity index (χ1v) is 12.5. The molecule has 0 bridgehead atoms. The number of ether oxygens (including phenoxy) is 1. The number of rotatable bonds is 11. The van der Waals surface area contributed by atoms with Gasteiger partial charge in [0.15, 0.2) is 0 Å². The van der Waals surface area contributed by atoms with Crippen LogP contribution < -0.4 is 9.64 Å². The highest BCUT2D eigenvalue weighted by Crippen LogP contribution is 2.33. The third-order valence-electron chi connectivity index (χ3n) is 7.04. The molecule has 35 heavy (non-hydrogen) atoms. The molecular formula is C26H35N7O2. The number of nitrogens with zero attached hydrogens (tertiary/aromatic N) is 6. The maximum Gasteiger partial charge on any atom is 0.298 e. The second kappa shape index (κ2) is 11.9. The number of hydrogen-bond acceptors (Lipinski definition) is 8. The van der Waals surface area contributed by atoms with Gasteiger partial charge in [0.1, 0.15) is 11.4 Å². The minimum Gasteiger partial charge on any atom is -0.428 e. The summed E-state index contributed by atoms with van der Waals surface area (Å²) in [6.07, 6.45) is 11.5. The zero-order valence-electron chi connectivity index (χ0n) is 20.9. The third kappa shape index (κ3) is 5.85. The van der Waals surface area contributed by atoms with Crippen LogP contribution in [0.25, 0.3) is 22.4 Å². The van der Waals surface area contributed by atoms with Crippen molar-refractivity contribution in [1.29, 1.82) is 0 Å². The summed E-state index contributed by atoms with van der Waals surface area (Å²) < 4.78 is 5.26. The fourth-order valence-electron chi connectivity index (χ4n) is 4.93. The van der Waals surface area contributed by atoms with Crippen LogP contribution >= 0.6 is 0 Å². The lowest BCUT2D eigenvalue weighted by Gasteiger charge is -2.43. The number of aromatic nitrogens is 5. The second-order valence-electron chi connectivity index (χ2n) is 9.21. The van der Waals surface area contributed by atoms with E-state index in [1.165, 1.54) is 32.1 Å². The number of nitrogens with one attached hydrogen (secondary N) is 1. The molecule has 0 radical (unpaired) electrons. The highest BCUT2D eigenvalue weighted by atomic mass is 16.5. The zero-order chi connectivity index (χ0) is 24.6. The summed E-state index contributed by atoms with van der Waals surface area (Å²) in [6.45, 7) is 7.73. The Labute approximate surface area is 206 Å². The van der Waals surface area contributed by atoms with E-state index in [9.17, 15) is 4.79 Å². The Bertz CT molecular complexity index is 1070. The lowest BCUT2D eigenvalue weighted by molar-refractivity contribution is -0.120. The number of aromatic amines is 1. The van der Waals surface area contributed by atoms with E-state index in [0.717, 1.165) is 30.8 Å². The monoisotopic (exact) mass is 477 g/mol. The van der Waals surface area contributed by atoms with Crippen molar-refractivity contribution in [3.05, 3.63) is 36.8 Å². The summed E-state index contributed by atoms with van der Waals surface area (Å²) in [7, 11) is 2.23. The average Bonchev–Trinajstić information content (AvgIpc) is 3.43. The van der Waals surface area contributed by atoms with E-state index < -0.39 is 0 Å². The largest absolute Gasteiger partial charge is 0.428 e. The van der Waals surface area contributed by atoms with Crippen LogP contribution in [0, 0.1) is 5.92 Å². The molecule has 1 fully saturated rings. The molecule has 9 heteroatoms. The molecular weight excluding hydrogens is 442 g/mol. The Kier molecular flexibility index (Phi) is 8.41. The summed E-state index contributed by atoms with van der Waals surface area (Å²) >= 11 is 0. The number of carbonyl (C=O) groups excluding carboxylic acids is 1. The van der Waals surface area contributed by atoms with Gasteiger partial charge in [-0.25, -0.2) is 4.98 Å². The fourth-order valence-corrected chi connectivity index (χ4v) is 4.93. The number of H-pyrrole nitrogens is 1. The molecule has 1 aliphatic rings. The lowest BCUT2D eigenvalue weighted by Crippen LogP contribution is -2.54. The normalized spacial score (nSPS) is 17.3. The van der Waals surface area contributed by atoms with Crippen LogP contribution in [0.3, 0.4) is 0 Å². The van der Waals surface area contributed by atoms with Gasteiger partial charge in [-0.2, -0.15) is 5.10 Å². The minimum atomic E-state index is 0.403. The van der Waals surface area contributed by atoms with Crippen molar-refractivity contribution < 1.29 is 9.53 Å². The average molecular weight is 478 g/mol. The zero-order valence-corrected chi connectivity index (χ0v) is 20.9. The maximum atomic E-state index is 11.1. The SMILES string of the molecule is CCCCCC(CC)C1CN(c2ncc(-c3ccc(-c4cn[nH]c4)cc3OC=O)nn2)CCN1C. The van der Waals surface area contributed by atoms with Crippen LogP contribution in [0.4, 0.5) is 5.95 Å². The van der Waals surface area contributed by atoms with Crippen molar-refractivity contribution in [2.45, 2.75) is 52.0 Å². The highest BCUT2D eigenvalue weighted by Gasteiger charge is 2.31. The standard InChI is InChI=1S/C26H35N7O2/c1-4-6-7-8-19(5-2)24-17-33(12-11-32(24)3)26-27-16-23(30-31-26)22-10-9-20(13-25(22)35-18-34)21-14-28-29-15-21/h9-10,13-16,18-19,24H,4-8,11-12,17H2,1-3H3,(H,28,29). The summed E-state index contributed by atoms with van der Waals surface area (Å²) in [5.41, 5.74) is 3.00. The van der Waals surface area contributed by atoms with E-state index in [0.29, 0.717) is 41.4 Å². The third-order valence-corrected chi connectivity index (χ3v) is 7.04. The molecule has 0 spiro atoms. The van der Waals surface area contributed by atoms with Gasteiger partial charge in [-0.15, -0.1) is 10.2 Å². The Hall–Kier alpha value is -3.33. The van der Waals surface area contributed by atoms with Gasteiger partial charge in [-0.3, -0.25) is 14.8 Å². The number of unbranched alkanes of at least 4 members (excludes halogenated alkanes) is 2. The first kappa shape index (κ1) is 24.8. The first-order valence-electron chi connectivity index (χ1n) is 12.5. The quantitative estimate of drug-likeness (QED) is 0.324. The van der Waals surface area contributed by atoms with E-state index in [4.69, 9.17) is 4.74 Å². The molecule has 1 aromatic carbocycles. The number of carbonyl (C=O) groups is 1. The van der Waals surface area contributed by atoms with Crippen molar-refractivity contribution in [3.63, 3.8) is 0 Å². The molecule has 0 aliphatic carbocycles. The van der Waals surface area contributed by atoms with Gasteiger partial charge in [-0.1, -0.05) is 45.6 Å². The highest BCUT2D eigenvalue weighted by molar-refractivity contribution is 5.75. The molecule has 0 amide bonds. The smallest absolute Gasteiger partial charge is 0.298 e. The topological polar surface area (TPSA) is 100 Å². The number of likely N-dealkylation sites (N-methyl/N-ethyl adjacent to an activating group) is 1. The van der Waals surface area contributed by atoms with Gasteiger partial charge in [0.05, 0.1) is 12.4 Å². The number of piperazine rings is 1. The molecule has 2 unspecified atom stereocenters. The molecule has 4 rings (SSSR count). The lowest BCUT2D eigenvalue weighted by atomic mass is 9.88. The summed E-state index contributed by atoms with van der Waals surface area (Å²) in [5, 5.41) is 15.7.